The number of nitrogens with zero attached hydrogens (tertiary/aromatic N) is 13. The van der Waals surface area contributed by atoms with Gasteiger partial charge in [-0.05, 0) is 106 Å². The number of pyridine rings is 10. The molecule has 17 nitrogen and oxygen atoms in total. The van der Waals surface area contributed by atoms with Crippen LogP contribution in [0.25, 0.3) is 61.1 Å². The Morgan fingerprint density at radius 3 is 1.05 bits per heavy atom. The minimum Gasteiger partial charge on any atom is -0.477 e. The maximum atomic E-state index is 13.8. The summed E-state index contributed by atoms with van der Waals surface area (Å²) in [5.74, 6) is -10.9. The van der Waals surface area contributed by atoms with E-state index in [1.807, 2.05) is 34.6 Å². The molecule has 0 bridgehead atoms. The first-order valence-corrected chi connectivity index (χ1v) is 27.4. The van der Waals surface area contributed by atoms with Crippen molar-refractivity contribution in [2.75, 3.05) is 7.05 Å². The molecule has 0 saturated carbocycles. The summed E-state index contributed by atoms with van der Waals surface area (Å²) >= 11 is 0. The van der Waals surface area contributed by atoms with Crippen molar-refractivity contribution in [3.8, 4) is 56.3 Å². The van der Waals surface area contributed by atoms with Crippen LogP contribution >= 0.6 is 0 Å². The molecule has 1 atom stereocenters. The molecule has 0 saturated heterocycles. The smallest absolute Gasteiger partial charge is 0.354 e. The topological polar surface area (TPSA) is 223 Å². The first kappa shape index (κ1) is 89.2. The van der Waals surface area contributed by atoms with Gasteiger partial charge < -0.3 is 35.1 Å². The van der Waals surface area contributed by atoms with Crippen LogP contribution in [0.3, 0.4) is 0 Å². The molecule has 0 amide bonds. The SMILES string of the molecule is CC1CC(C(=O)O)=NN1C.Cc1ccnc(-c2[c-]cc(F)nc2F)c1.Cc1ccnc(-c2[c-]cc(F)nc2F)c1.Cc1ccnc(-c2[c-]cc(F)nc2F)c1.Fc1c[c-]c(-c2ccccn2)c(F)n1.O=C(O)c1ccccn1.[C-]#[N+]c1c(F)c[c-]c(-c2cc(C)ccn2)c1F.[Ir].[Ir].[Ir].[Ir].[Ir]. The van der Waals surface area contributed by atoms with Gasteiger partial charge in [0, 0.05) is 169 Å². The van der Waals surface area contributed by atoms with Crippen LogP contribution in [0.4, 0.5) is 49.6 Å². The molecule has 0 spiro atoms. The van der Waals surface area contributed by atoms with E-state index in [4.69, 9.17) is 16.8 Å². The number of hydrogen-bond donors (Lipinski definition) is 2. The van der Waals surface area contributed by atoms with Gasteiger partial charge >= 0.3 is 11.9 Å². The van der Waals surface area contributed by atoms with E-state index in [1.54, 1.807) is 110 Å². The van der Waals surface area contributed by atoms with Crippen LogP contribution in [0.5, 0.6) is 0 Å². The fourth-order valence-corrected chi connectivity index (χ4v) is 7.55. The molecule has 32 heteroatoms. The number of benzene rings is 1. The van der Waals surface area contributed by atoms with E-state index in [0.29, 0.717) is 34.9 Å². The summed E-state index contributed by atoms with van der Waals surface area (Å²) in [6, 6.07) is 41.1. The Balaban J connectivity index is 0.000000583. The number of carboxylic acid groups (broad SMARTS) is 2. The van der Waals surface area contributed by atoms with E-state index in [1.165, 1.54) is 24.7 Å². The van der Waals surface area contributed by atoms with Gasteiger partial charge in [-0.25, -0.2) is 49.7 Å². The van der Waals surface area contributed by atoms with Crippen LogP contribution in [0.2, 0.25) is 0 Å². The zero-order valence-electron chi connectivity index (χ0n) is 52.2. The van der Waals surface area contributed by atoms with Crippen molar-refractivity contribution in [1.82, 2.24) is 54.8 Å². The summed E-state index contributed by atoms with van der Waals surface area (Å²) in [5, 5.41) is 22.3. The fraction of sp³-hybridized carbons (Fsp3) is 0.118. The Kier molecular flexibility index (Phi) is 39.5. The molecule has 529 valence electrons. The second kappa shape index (κ2) is 44.3. The number of carbonyl (C=O) groups is 2. The Bertz CT molecular complexity index is 4330. The van der Waals surface area contributed by atoms with Gasteiger partial charge in [-0.3, -0.25) is 38.6 Å². The van der Waals surface area contributed by atoms with E-state index in [-0.39, 0.29) is 146 Å². The number of hydrogen-bond acceptors (Lipinski definition) is 14. The van der Waals surface area contributed by atoms with Gasteiger partial charge in [0.25, 0.3) is 0 Å². The summed E-state index contributed by atoms with van der Waals surface area (Å²) in [6.45, 7) is 16.1. The third-order valence-electron chi connectivity index (χ3n) is 12.2. The number of hydrazone groups is 1. The predicted molar refractivity (Wildman–Crippen MR) is 327 cm³/mol. The van der Waals surface area contributed by atoms with Gasteiger partial charge in [0.2, 0.25) is 0 Å². The van der Waals surface area contributed by atoms with Crippen molar-refractivity contribution < 1.29 is 164 Å². The molecule has 10 aromatic heterocycles. The molecular formula is C68H48F10Ir5N13O4-5. The fourth-order valence-electron chi connectivity index (χ4n) is 7.55. The summed E-state index contributed by atoms with van der Waals surface area (Å²) in [6.07, 6.45) is 9.71. The molecular weight excluding hydrogens is 2210 g/mol. The van der Waals surface area contributed by atoms with Crippen molar-refractivity contribution >= 4 is 23.3 Å². The molecule has 2 N–H and O–H groups in total. The van der Waals surface area contributed by atoms with Crippen LogP contribution in [0.1, 0.15) is 46.1 Å². The molecule has 1 unspecified atom stereocenters. The predicted octanol–water partition coefficient (Wildman–Crippen LogP) is 14.4. The van der Waals surface area contributed by atoms with E-state index in [2.05, 4.69) is 90.1 Å². The molecule has 0 aliphatic carbocycles. The Morgan fingerprint density at radius 1 is 0.460 bits per heavy atom. The van der Waals surface area contributed by atoms with Crippen molar-refractivity contribution in [3.63, 3.8) is 0 Å². The van der Waals surface area contributed by atoms with E-state index in [9.17, 15) is 53.5 Å². The standard InChI is InChI=1S/C13H7F2N2.3C11H7F2N2.C10H5F2N2.C6H10N2O2.C6H5NO2.5Ir/c1-8-5-6-17-11(7-8)9-3-4-10(14)13(16-2)12(9)15;3*1-7-4-5-14-9(6-7)8-2-3-10(12)15-11(8)13;11-9-5-4-7(10(12)14-9)8-3-1-2-6-13-8;1-4-3-5(6(9)10)7-8(4)2;8-6(9)5-3-1-2-4-7-5;;;;;/h4-7H,1H3;3*3-6H,1H3;1-3,5-6H;4H,3H2,1-2H3,(H,9,10);1-4H,(H,8,9);;;;;/q5*-1;;;;;;;. The van der Waals surface area contributed by atoms with Crippen molar-refractivity contribution in [2.45, 2.75) is 47.1 Å². The maximum Gasteiger partial charge on any atom is 0.354 e. The normalized spacial score (nSPS) is 11.1. The van der Waals surface area contributed by atoms with Gasteiger partial charge in [0.1, 0.15) is 59.0 Å². The van der Waals surface area contributed by atoms with Crippen molar-refractivity contribution in [2.24, 2.45) is 5.10 Å². The number of aryl methyl sites for hydroxylation is 4. The van der Waals surface area contributed by atoms with Crippen LogP contribution < -0.4 is 0 Å². The summed E-state index contributed by atoms with van der Waals surface area (Å²) in [4.78, 5) is 58.9. The third kappa shape index (κ3) is 27.7. The van der Waals surface area contributed by atoms with Gasteiger partial charge in [0.15, 0.2) is 5.69 Å². The summed E-state index contributed by atoms with van der Waals surface area (Å²) in [5.41, 5.74) is 5.72. The van der Waals surface area contributed by atoms with E-state index < -0.39 is 76.8 Å². The third-order valence-corrected chi connectivity index (χ3v) is 12.2. The number of carboxylic acids is 2. The second-order valence-electron chi connectivity index (χ2n) is 19.4. The maximum absolute atomic E-state index is 13.8. The van der Waals surface area contributed by atoms with Crippen molar-refractivity contribution in [1.29, 1.82) is 0 Å². The monoisotopic (exact) mass is 2270 g/mol. The van der Waals surface area contributed by atoms with Crippen LogP contribution in [0, 0.1) is 124 Å². The molecule has 100 heavy (non-hydrogen) atoms. The largest absolute Gasteiger partial charge is 0.477 e. The number of aromatic carboxylic acids is 1. The van der Waals surface area contributed by atoms with Gasteiger partial charge in [0.05, 0.1) is 6.57 Å². The van der Waals surface area contributed by atoms with Crippen LogP contribution in [-0.2, 0) is 105 Å². The van der Waals surface area contributed by atoms with E-state index in [0.717, 1.165) is 52.6 Å². The number of halogens is 10. The number of aromatic nitrogens is 10. The Hall–Kier alpha value is -8.83. The average Bonchev–Trinajstić information content (AvgIpc) is 1.13. The molecule has 1 aliphatic rings. The first-order chi connectivity index (χ1) is 45.3. The Morgan fingerprint density at radius 2 is 0.790 bits per heavy atom. The summed E-state index contributed by atoms with van der Waals surface area (Å²) in [7, 11) is 1.78. The Labute approximate surface area is 634 Å². The van der Waals surface area contributed by atoms with Gasteiger partial charge in [-0.2, -0.15) is 5.10 Å². The zero-order chi connectivity index (χ0) is 69.3. The molecule has 5 radical (unpaired) electrons. The second-order valence-corrected chi connectivity index (χ2v) is 19.4. The average molecular weight is 2260 g/mol. The molecule has 0 fully saturated rings. The first-order valence-electron chi connectivity index (χ1n) is 27.4. The molecule has 11 aromatic rings. The molecule has 1 aliphatic heterocycles. The minimum absolute atomic E-state index is 0. The molecule has 1 aromatic carbocycles. The van der Waals surface area contributed by atoms with Gasteiger partial charge in [-0.15, -0.1) is 42.0 Å². The zero-order valence-corrected chi connectivity index (χ0v) is 64.2. The molecule has 11 heterocycles. The molecule has 12 rings (SSSR count). The van der Waals surface area contributed by atoms with Crippen molar-refractivity contribution in [3.05, 3.63) is 281 Å². The number of aliphatic carboxylic acids is 1. The quantitative estimate of drug-likeness (QED) is 0.0860. The van der Waals surface area contributed by atoms with Crippen LogP contribution in [-0.4, -0.2) is 95.8 Å². The number of rotatable bonds is 7. The van der Waals surface area contributed by atoms with Gasteiger partial charge in [-0.1, -0.05) is 111 Å². The summed E-state index contributed by atoms with van der Waals surface area (Å²) < 4.78 is 130. The van der Waals surface area contributed by atoms with Crippen LogP contribution in [0.15, 0.2) is 158 Å². The minimum atomic E-state index is -0.990. The van der Waals surface area contributed by atoms with E-state index >= 15 is 0 Å².